The van der Waals surface area contributed by atoms with E-state index in [1.165, 1.54) is 0 Å². The minimum Gasteiger partial charge on any atom is -0.456 e. The summed E-state index contributed by atoms with van der Waals surface area (Å²) < 4.78 is 5.09. The lowest BCUT2D eigenvalue weighted by atomic mass is 9.64. The largest absolute Gasteiger partial charge is 0.456 e. The maximum absolute atomic E-state index is 13.1. The summed E-state index contributed by atoms with van der Waals surface area (Å²) in [4.78, 5) is 51.2. The Morgan fingerprint density at radius 1 is 1.20 bits per heavy atom. The van der Waals surface area contributed by atoms with Gasteiger partial charge in [0.25, 0.3) is 5.91 Å². The second-order valence-electron chi connectivity index (χ2n) is 9.66. The van der Waals surface area contributed by atoms with Gasteiger partial charge in [0.15, 0.2) is 6.61 Å². The van der Waals surface area contributed by atoms with E-state index in [-0.39, 0.29) is 23.0 Å². The molecule has 162 valence electrons. The maximum atomic E-state index is 13.1. The van der Waals surface area contributed by atoms with Gasteiger partial charge in [0.05, 0.1) is 0 Å². The van der Waals surface area contributed by atoms with Crippen molar-refractivity contribution in [3.8, 4) is 0 Å². The van der Waals surface area contributed by atoms with Crippen LogP contribution in [0.3, 0.4) is 0 Å². The number of ketones is 1. The molecule has 1 aliphatic heterocycles. The first-order valence-electron chi connectivity index (χ1n) is 10.3. The Hall–Kier alpha value is -2.70. The van der Waals surface area contributed by atoms with Gasteiger partial charge in [-0.05, 0) is 56.1 Å². The standard InChI is InChI=1S/C23H30N2O5/c1-14-6-7-16(3)17(8-14)18(26)12-30-19(27)11-25-20(28)23(24-21(25)29)10-15(2)9-22(4,5)13-23/h6-8,15H,9-13H2,1-5H3,(H,24,29). The number of amides is 3. The number of esters is 1. The highest BCUT2D eigenvalue weighted by Crippen LogP contribution is 2.46. The van der Waals surface area contributed by atoms with Crippen LogP contribution in [0, 0.1) is 25.2 Å². The lowest BCUT2D eigenvalue weighted by Gasteiger charge is -2.43. The number of ether oxygens (including phenoxy) is 1. The molecule has 3 rings (SSSR count). The van der Waals surface area contributed by atoms with Crippen molar-refractivity contribution >= 4 is 23.7 Å². The van der Waals surface area contributed by atoms with Gasteiger partial charge in [-0.1, -0.05) is 38.5 Å². The fraction of sp³-hybridized carbons (Fsp3) is 0.565. The molecular formula is C23H30N2O5. The fourth-order valence-corrected chi connectivity index (χ4v) is 5.08. The van der Waals surface area contributed by atoms with Crippen LogP contribution >= 0.6 is 0 Å². The summed E-state index contributed by atoms with van der Waals surface area (Å²) in [5.74, 6) is -1.21. The molecule has 1 spiro atoms. The fourth-order valence-electron chi connectivity index (χ4n) is 5.08. The van der Waals surface area contributed by atoms with Crippen LogP contribution in [0.1, 0.15) is 61.5 Å². The molecule has 1 heterocycles. The van der Waals surface area contributed by atoms with Crippen molar-refractivity contribution < 1.29 is 23.9 Å². The normalized spacial score (nSPS) is 25.4. The lowest BCUT2D eigenvalue weighted by molar-refractivity contribution is -0.147. The third kappa shape index (κ3) is 4.40. The number of carbonyl (C=O) groups excluding carboxylic acids is 4. The average Bonchev–Trinajstić information content (AvgIpc) is 2.83. The van der Waals surface area contributed by atoms with Crippen LogP contribution in [0.25, 0.3) is 0 Å². The van der Waals surface area contributed by atoms with Crippen LogP contribution in [0.4, 0.5) is 4.79 Å². The summed E-state index contributed by atoms with van der Waals surface area (Å²) in [6.45, 7) is 9.00. The van der Waals surface area contributed by atoms with E-state index >= 15 is 0 Å². The summed E-state index contributed by atoms with van der Waals surface area (Å²) in [6.07, 6.45) is 2.06. The van der Waals surface area contributed by atoms with Gasteiger partial charge in [-0.25, -0.2) is 4.79 Å². The van der Waals surface area contributed by atoms with Crippen molar-refractivity contribution in [2.45, 2.75) is 59.4 Å². The second kappa shape index (κ2) is 7.85. The van der Waals surface area contributed by atoms with E-state index in [2.05, 4.69) is 26.1 Å². The molecule has 3 amide bonds. The highest BCUT2D eigenvalue weighted by molar-refractivity contribution is 6.09. The Morgan fingerprint density at radius 3 is 2.57 bits per heavy atom. The van der Waals surface area contributed by atoms with Gasteiger partial charge < -0.3 is 10.1 Å². The molecule has 1 N–H and O–H groups in total. The second-order valence-corrected chi connectivity index (χ2v) is 9.66. The predicted octanol–water partition coefficient (Wildman–Crippen LogP) is 3.17. The molecule has 2 unspecified atom stereocenters. The number of hydrogen-bond donors (Lipinski definition) is 1. The highest BCUT2D eigenvalue weighted by Gasteiger charge is 2.56. The average molecular weight is 415 g/mol. The molecular weight excluding hydrogens is 384 g/mol. The molecule has 0 aromatic heterocycles. The third-order valence-electron chi connectivity index (χ3n) is 5.97. The monoisotopic (exact) mass is 414 g/mol. The number of urea groups is 1. The molecule has 2 aliphatic rings. The first-order valence-corrected chi connectivity index (χ1v) is 10.3. The zero-order valence-corrected chi connectivity index (χ0v) is 18.3. The van der Waals surface area contributed by atoms with Gasteiger partial charge in [0.2, 0.25) is 5.78 Å². The van der Waals surface area contributed by atoms with Crippen LogP contribution < -0.4 is 5.32 Å². The SMILES string of the molecule is Cc1ccc(C)c(C(=O)COC(=O)CN2C(=O)NC3(CC(C)CC(C)(C)C3)C2=O)c1. The first-order chi connectivity index (χ1) is 13.9. The molecule has 1 aliphatic carbocycles. The summed E-state index contributed by atoms with van der Waals surface area (Å²) in [5.41, 5.74) is 1.17. The maximum Gasteiger partial charge on any atom is 0.326 e. The van der Waals surface area contributed by atoms with Crippen LogP contribution in [0.5, 0.6) is 0 Å². The van der Waals surface area contributed by atoms with Gasteiger partial charge in [-0.2, -0.15) is 0 Å². The molecule has 2 atom stereocenters. The molecule has 1 aromatic carbocycles. The van der Waals surface area contributed by atoms with E-state index in [4.69, 9.17) is 4.74 Å². The molecule has 1 aromatic rings. The molecule has 0 radical (unpaired) electrons. The predicted molar refractivity (Wildman–Crippen MR) is 111 cm³/mol. The Balaban J connectivity index is 1.63. The molecule has 1 saturated carbocycles. The van der Waals surface area contributed by atoms with Gasteiger partial charge in [0.1, 0.15) is 12.1 Å². The summed E-state index contributed by atoms with van der Waals surface area (Å²) >= 11 is 0. The van der Waals surface area contributed by atoms with Crippen molar-refractivity contribution in [2.24, 2.45) is 11.3 Å². The van der Waals surface area contributed by atoms with Gasteiger partial charge >= 0.3 is 12.0 Å². The van der Waals surface area contributed by atoms with Crippen LogP contribution in [0.15, 0.2) is 18.2 Å². The Labute approximate surface area is 177 Å². The molecule has 7 heteroatoms. The lowest BCUT2D eigenvalue weighted by Crippen LogP contribution is -2.54. The number of rotatable bonds is 5. The van der Waals surface area contributed by atoms with E-state index in [0.717, 1.165) is 22.4 Å². The van der Waals surface area contributed by atoms with E-state index in [9.17, 15) is 19.2 Å². The Bertz CT molecular complexity index is 907. The number of nitrogens with zero attached hydrogens (tertiary/aromatic N) is 1. The van der Waals surface area contributed by atoms with Crippen LogP contribution in [0.2, 0.25) is 0 Å². The van der Waals surface area contributed by atoms with Gasteiger partial charge in [0, 0.05) is 5.56 Å². The molecule has 1 saturated heterocycles. The zero-order valence-electron chi connectivity index (χ0n) is 18.3. The van der Waals surface area contributed by atoms with E-state index in [0.29, 0.717) is 18.4 Å². The molecule has 7 nitrogen and oxygen atoms in total. The minimum absolute atomic E-state index is 0.0881. The van der Waals surface area contributed by atoms with Crippen molar-refractivity contribution in [3.63, 3.8) is 0 Å². The summed E-state index contributed by atoms with van der Waals surface area (Å²) in [6, 6.07) is 4.91. The first kappa shape index (κ1) is 22.0. The van der Waals surface area contributed by atoms with Crippen molar-refractivity contribution in [1.82, 2.24) is 10.2 Å². The smallest absolute Gasteiger partial charge is 0.326 e. The summed E-state index contributed by atoms with van der Waals surface area (Å²) in [7, 11) is 0. The zero-order chi connectivity index (χ0) is 22.3. The summed E-state index contributed by atoms with van der Waals surface area (Å²) in [5, 5.41) is 2.83. The van der Waals surface area contributed by atoms with Crippen LogP contribution in [-0.2, 0) is 14.3 Å². The van der Waals surface area contributed by atoms with E-state index < -0.39 is 30.7 Å². The highest BCUT2D eigenvalue weighted by atomic mass is 16.5. The molecule has 2 fully saturated rings. The van der Waals surface area contributed by atoms with Crippen LogP contribution in [-0.4, -0.2) is 47.3 Å². The number of hydrogen-bond acceptors (Lipinski definition) is 5. The number of benzene rings is 1. The van der Waals surface area contributed by atoms with Gasteiger partial charge in [-0.3, -0.25) is 19.3 Å². The number of carbonyl (C=O) groups is 4. The van der Waals surface area contributed by atoms with Crippen molar-refractivity contribution in [3.05, 3.63) is 34.9 Å². The molecule has 0 bridgehead atoms. The Kier molecular flexibility index (Phi) is 5.76. The number of Topliss-reactive ketones (excluding diaryl/α,β-unsaturated/α-hetero) is 1. The number of aryl methyl sites for hydroxylation is 2. The minimum atomic E-state index is -0.965. The van der Waals surface area contributed by atoms with Crippen molar-refractivity contribution in [2.75, 3.05) is 13.2 Å². The van der Waals surface area contributed by atoms with Crippen molar-refractivity contribution in [1.29, 1.82) is 0 Å². The third-order valence-corrected chi connectivity index (χ3v) is 5.97. The van der Waals surface area contributed by atoms with E-state index in [1.54, 1.807) is 6.07 Å². The Morgan fingerprint density at radius 2 is 1.90 bits per heavy atom. The van der Waals surface area contributed by atoms with Gasteiger partial charge in [-0.15, -0.1) is 0 Å². The quantitative estimate of drug-likeness (QED) is 0.454. The topological polar surface area (TPSA) is 92.8 Å². The number of imide groups is 1. The number of nitrogens with one attached hydrogen (secondary N) is 1. The van der Waals surface area contributed by atoms with E-state index in [1.807, 2.05) is 26.0 Å². The molecule has 30 heavy (non-hydrogen) atoms.